The fourth-order valence-corrected chi connectivity index (χ4v) is 4.36. The number of alkyl halides is 3. The van der Waals surface area contributed by atoms with Crippen molar-refractivity contribution < 1.29 is 22.7 Å². The zero-order chi connectivity index (χ0) is 26.7. The summed E-state index contributed by atoms with van der Waals surface area (Å²) in [7, 11) is 0. The van der Waals surface area contributed by atoms with E-state index in [0.717, 1.165) is 17.7 Å². The number of hydrogen-bond acceptors (Lipinski definition) is 5. The van der Waals surface area contributed by atoms with E-state index in [-0.39, 0.29) is 11.9 Å². The van der Waals surface area contributed by atoms with Crippen molar-refractivity contribution in [3.05, 3.63) is 92.6 Å². The fourth-order valence-electron chi connectivity index (χ4n) is 3.72. The van der Waals surface area contributed by atoms with Crippen LogP contribution in [0.3, 0.4) is 0 Å². The molecule has 2 N–H and O–H groups in total. The Labute approximate surface area is 225 Å². The van der Waals surface area contributed by atoms with Crippen molar-refractivity contribution >= 4 is 46.4 Å². The van der Waals surface area contributed by atoms with E-state index in [1.165, 1.54) is 6.92 Å². The summed E-state index contributed by atoms with van der Waals surface area (Å²) >= 11 is 18.5. The third-order valence-corrected chi connectivity index (χ3v) is 6.49. The largest absolute Gasteiger partial charge is 0.465 e. The second-order valence-corrected chi connectivity index (χ2v) is 9.57. The van der Waals surface area contributed by atoms with Crippen molar-refractivity contribution in [2.45, 2.75) is 37.7 Å². The van der Waals surface area contributed by atoms with Gasteiger partial charge < -0.3 is 15.5 Å². The van der Waals surface area contributed by atoms with Crippen LogP contribution in [0.5, 0.6) is 5.88 Å². The lowest BCUT2D eigenvalue weighted by atomic mass is 9.95. The molecule has 194 valence electrons. The molecule has 2 heterocycles. The Balaban J connectivity index is 1.51. The van der Waals surface area contributed by atoms with Crippen LogP contribution in [0.2, 0.25) is 15.1 Å². The van der Waals surface area contributed by atoms with Gasteiger partial charge in [0.2, 0.25) is 5.88 Å². The first kappa shape index (κ1) is 27.0. The number of pyridine rings is 1. The maximum absolute atomic E-state index is 13.1. The molecule has 0 aliphatic carbocycles. The molecule has 12 heteroatoms. The van der Waals surface area contributed by atoms with E-state index in [9.17, 15) is 18.0 Å². The molecule has 1 amide bonds. The quantitative estimate of drug-likeness (QED) is 0.328. The molecule has 4 rings (SSSR count). The molecule has 6 nitrogen and oxygen atoms in total. The molecular weight excluding hydrogens is 552 g/mol. The molecule has 0 saturated heterocycles. The summed E-state index contributed by atoms with van der Waals surface area (Å²) in [6.45, 7) is 1.46. The van der Waals surface area contributed by atoms with Gasteiger partial charge in [-0.3, -0.25) is 4.79 Å². The van der Waals surface area contributed by atoms with E-state index in [1.54, 1.807) is 30.3 Å². The number of rotatable bonds is 7. The van der Waals surface area contributed by atoms with Crippen LogP contribution in [0.15, 0.2) is 65.9 Å². The summed E-state index contributed by atoms with van der Waals surface area (Å²) in [5, 5.41) is 8.70. The minimum Gasteiger partial charge on any atom is -0.465 e. The molecule has 1 aliphatic heterocycles. The maximum Gasteiger partial charge on any atom is 0.417 e. The number of benzene rings is 2. The van der Waals surface area contributed by atoms with Crippen LogP contribution in [0.4, 0.5) is 13.2 Å². The minimum atomic E-state index is -4.53. The highest BCUT2D eigenvalue weighted by Crippen LogP contribution is 2.33. The maximum atomic E-state index is 13.1. The SMILES string of the molecule is CC(Oc1ccc(C(F)(F)F)cn1)C(=O)NC(C1=NNC(c2ccc(Cl)cc2)C1)c1ccc(Cl)cc1Cl. The Kier molecular flexibility index (Phi) is 8.16. The number of aromatic nitrogens is 1. The highest BCUT2D eigenvalue weighted by molar-refractivity contribution is 6.35. The zero-order valence-corrected chi connectivity index (χ0v) is 21.5. The van der Waals surface area contributed by atoms with Crippen molar-refractivity contribution in [2.75, 3.05) is 0 Å². The van der Waals surface area contributed by atoms with Gasteiger partial charge in [-0.05, 0) is 48.4 Å². The monoisotopic (exact) mass is 570 g/mol. The van der Waals surface area contributed by atoms with Gasteiger partial charge in [0.1, 0.15) is 0 Å². The Bertz CT molecular complexity index is 1300. The number of carbonyl (C=O) groups excluding carboxylic acids is 1. The predicted molar refractivity (Wildman–Crippen MR) is 136 cm³/mol. The van der Waals surface area contributed by atoms with Gasteiger partial charge in [-0.25, -0.2) is 4.98 Å². The van der Waals surface area contributed by atoms with E-state index in [1.807, 2.05) is 12.1 Å². The van der Waals surface area contributed by atoms with Crippen LogP contribution >= 0.6 is 34.8 Å². The first-order valence-corrected chi connectivity index (χ1v) is 12.2. The van der Waals surface area contributed by atoms with Crippen molar-refractivity contribution in [2.24, 2.45) is 5.10 Å². The molecule has 37 heavy (non-hydrogen) atoms. The molecule has 1 aliphatic rings. The minimum absolute atomic E-state index is 0.126. The summed E-state index contributed by atoms with van der Waals surface area (Å²) in [5.41, 5.74) is 4.29. The second-order valence-electron chi connectivity index (χ2n) is 8.29. The molecule has 1 aromatic heterocycles. The molecule has 3 atom stereocenters. The first-order chi connectivity index (χ1) is 17.5. The average Bonchev–Trinajstić information content (AvgIpc) is 3.33. The van der Waals surface area contributed by atoms with E-state index in [0.29, 0.717) is 39.0 Å². The van der Waals surface area contributed by atoms with E-state index in [2.05, 4.69) is 20.8 Å². The van der Waals surface area contributed by atoms with Gasteiger partial charge in [0.05, 0.1) is 23.4 Å². The average molecular weight is 572 g/mol. The van der Waals surface area contributed by atoms with Crippen molar-refractivity contribution in [1.29, 1.82) is 0 Å². The van der Waals surface area contributed by atoms with E-state index < -0.39 is 29.8 Å². The van der Waals surface area contributed by atoms with Crippen LogP contribution in [0.1, 0.15) is 42.1 Å². The number of ether oxygens (including phenoxy) is 1. The summed E-state index contributed by atoms with van der Waals surface area (Å²) in [6.07, 6.45) is -4.51. The number of amides is 1. The van der Waals surface area contributed by atoms with E-state index in [4.69, 9.17) is 39.5 Å². The number of nitrogens with zero attached hydrogens (tertiary/aromatic N) is 2. The number of halogens is 6. The van der Waals surface area contributed by atoms with Gasteiger partial charge in [-0.15, -0.1) is 0 Å². The van der Waals surface area contributed by atoms with Crippen molar-refractivity contribution in [3.8, 4) is 5.88 Å². The molecule has 0 fully saturated rings. The third-order valence-electron chi connectivity index (χ3n) is 5.67. The number of carbonyl (C=O) groups is 1. The number of hydrazone groups is 1. The normalized spacial score (nSPS) is 16.9. The van der Waals surface area contributed by atoms with Crippen LogP contribution in [0, 0.1) is 0 Å². The number of nitrogens with one attached hydrogen (secondary N) is 2. The molecule has 0 spiro atoms. The van der Waals surface area contributed by atoms with Gasteiger partial charge in [0.25, 0.3) is 5.91 Å². The molecular formula is C25H20Cl3F3N4O2. The predicted octanol–water partition coefficient (Wildman–Crippen LogP) is 6.78. The standard InChI is InChI=1S/C25H20Cl3F3N4O2/c1-13(37-22-9-4-15(12-32-22)25(29,30)31)24(36)33-23(18-8-7-17(27)10-19(18)28)21-11-20(34-35-21)14-2-5-16(26)6-3-14/h2-10,12-13,20,23,34H,11H2,1H3,(H,33,36). The van der Waals surface area contributed by atoms with Crippen molar-refractivity contribution in [1.82, 2.24) is 15.7 Å². The van der Waals surface area contributed by atoms with Gasteiger partial charge in [-0.1, -0.05) is 53.0 Å². The van der Waals surface area contributed by atoms with Gasteiger partial charge >= 0.3 is 6.18 Å². The lowest BCUT2D eigenvalue weighted by Gasteiger charge is -2.23. The van der Waals surface area contributed by atoms with Crippen LogP contribution < -0.4 is 15.5 Å². The van der Waals surface area contributed by atoms with E-state index >= 15 is 0 Å². The Hall–Kier alpha value is -3.01. The van der Waals surface area contributed by atoms with Gasteiger partial charge in [-0.2, -0.15) is 18.3 Å². The van der Waals surface area contributed by atoms with Crippen LogP contribution in [-0.4, -0.2) is 22.7 Å². The van der Waals surface area contributed by atoms with Crippen LogP contribution in [0.25, 0.3) is 0 Å². The Morgan fingerprint density at radius 2 is 1.78 bits per heavy atom. The first-order valence-electron chi connectivity index (χ1n) is 11.0. The summed E-state index contributed by atoms with van der Waals surface area (Å²) in [5.74, 6) is -0.672. The van der Waals surface area contributed by atoms with Gasteiger partial charge in [0, 0.05) is 33.8 Å². The molecule has 3 unspecified atom stereocenters. The summed E-state index contributed by atoms with van der Waals surface area (Å²) in [4.78, 5) is 16.7. The van der Waals surface area contributed by atoms with Crippen LogP contribution in [-0.2, 0) is 11.0 Å². The Morgan fingerprint density at radius 1 is 1.08 bits per heavy atom. The topological polar surface area (TPSA) is 75.6 Å². The lowest BCUT2D eigenvalue weighted by Crippen LogP contribution is -2.41. The molecule has 2 aromatic carbocycles. The zero-order valence-electron chi connectivity index (χ0n) is 19.2. The highest BCUT2D eigenvalue weighted by atomic mass is 35.5. The number of hydrogen-bond donors (Lipinski definition) is 2. The lowest BCUT2D eigenvalue weighted by molar-refractivity contribution is -0.138. The van der Waals surface area contributed by atoms with Gasteiger partial charge in [0.15, 0.2) is 6.10 Å². The Morgan fingerprint density at radius 3 is 2.41 bits per heavy atom. The molecule has 0 bridgehead atoms. The summed E-state index contributed by atoms with van der Waals surface area (Å²) in [6, 6.07) is 13.2. The smallest absolute Gasteiger partial charge is 0.417 e. The molecule has 0 saturated carbocycles. The fraction of sp³-hybridized carbons (Fsp3) is 0.240. The van der Waals surface area contributed by atoms with Crippen molar-refractivity contribution in [3.63, 3.8) is 0 Å². The summed E-state index contributed by atoms with van der Waals surface area (Å²) < 4.78 is 43.8. The molecule has 3 aromatic rings. The highest BCUT2D eigenvalue weighted by Gasteiger charge is 2.32. The third kappa shape index (κ3) is 6.66. The second kappa shape index (κ2) is 11.2. The molecule has 0 radical (unpaired) electrons.